The van der Waals surface area contributed by atoms with Crippen LogP contribution < -0.4 is 0 Å². The molecule has 0 aromatic heterocycles. The van der Waals surface area contributed by atoms with Gasteiger partial charge in [0.15, 0.2) is 5.76 Å². The zero-order valence-electron chi connectivity index (χ0n) is 10.6. The Kier molecular flexibility index (Phi) is 6.58. The van der Waals surface area contributed by atoms with Gasteiger partial charge in [-0.2, -0.15) is 0 Å². The monoisotopic (exact) mass is 250 g/mol. The van der Waals surface area contributed by atoms with Crippen LogP contribution in [0, 0.1) is 0 Å². The Morgan fingerprint density at radius 2 is 1.89 bits per heavy atom. The molecule has 0 saturated heterocycles. The molecular weight excluding hydrogens is 232 g/mol. The first-order valence-corrected chi connectivity index (χ1v) is 5.84. The van der Waals surface area contributed by atoms with Crippen molar-refractivity contribution in [2.45, 2.75) is 13.5 Å². The van der Waals surface area contributed by atoms with Gasteiger partial charge in [0.1, 0.15) is 6.61 Å². The van der Waals surface area contributed by atoms with Crippen LogP contribution in [0.25, 0.3) is 0 Å². The highest BCUT2D eigenvalue weighted by atomic mass is 16.6. The van der Waals surface area contributed by atoms with Crippen molar-refractivity contribution in [2.24, 2.45) is 0 Å². The van der Waals surface area contributed by atoms with E-state index in [-0.39, 0.29) is 12.4 Å². The van der Waals surface area contributed by atoms with Crippen LogP contribution in [0.2, 0.25) is 0 Å². The van der Waals surface area contributed by atoms with E-state index < -0.39 is 5.97 Å². The number of ether oxygens (including phenoxy) is 3. The van der Waals surface area contributed by atoms with Crippen LogP contribution in [-0.2, 0) is 25.6 Å². The van der Waals surface area contributed by atoms with Crippen molar-refractivity contribution >= 4 is 5.97 Å². The summed E-state index contributed by atoms with van der Waals surface area (Å²) in [5.41, 5.74) is 1.10. The maximum atomic E-state index is 11.1. The van der Waals surface area contributed by atoms with E-state index in [0.29, 0.717) is 19.8 Å². The lowest BCUT2D eigenvalue weighted by molar-refractivity contribution is -0.142. The van der Waals surface area contributed by atoms with Gasteiger partial charge in [-0.05, 0) is 19.1 Å². The quantitative estimate of drug-likeness (QED) is 0.307. The molecule has 1 rings (SSSR count). The third kappa shape index (κ3) is 5.50. The molecule has 4 nitrogen and oxygen atoms in total. The second kappa shape index (κ2) is 8.31. The average molecular weight is 250 g/mol. The molecule has 0 amide bonds. The zero-order valence-corrected chi connectivity index (χ0v) is 10.6. The number of hydrogen-bond acceptors (Lipinski definition) is 4. The van der Waals surface area contributed by atoms with Gasteiger partial charge in [0.05, 0.1) is 19.8 Å². The summed E-state index contributed by atoms with van der Waals surface area (Å²) < 4.78 is 15.2. The Morgan fingerprint density at radius 3 is 2.56 bits per heavy atom. The molecule has 1 aromatic carbocycles. The van der Waals surface area contributed by atoms with Crippen molar-refractivity contribution in [3.8, 4) is 0 Å². The van der Waals surface area contributed by atoms with Crippen LogP contribution in [0.15, 0.2) is 42.7 Å². The number of benzene rings is 1. The Hall–Kier alpha value is -1.81. The molecule has 1 aromatic rings. The normalized spacial score (nSPS) is 9.83. The van der Waals surface area contributed by atoms with Gasteiger partial charge < -0.3 is 14.2 Å². The second-order valence-corrected chi connectivity index (χ2v) is 3.53. The molecule has 4 heteroatoms. The molecule has 0 saturated carbocycles. The molecule has 18 heavy (non-hydrogen) atoms. The van der Waals surface area contributed by atoms with Gasteiger partial charge in [0.2, 0.25) is 0 Å². The molecule has 0 heterocycles. The summed E-state index contributed by atoms with van der Waals surface area (Å²) in [6.45, 7) is 6.72. The second-order valence-electron chi connectivity index (χ2n) is 3.53. The van der Waals surface area contributed by atoms with Gasteiger partial charge >= 0.3 is 5.97 Å². The van der Waals surface area contributed by atoms with Crippen LogP contribution in [-0.4, -0.2) is 25.8 Å². The average Bonchev–Trinajstić information content (AvgIpc) is 2.39. The predicted molar refractivity (Wildman–Crippen MR) is 67.8 cm³/mol. The first-order valence-electron chi connectivity index (χ1n) is 5.84. The number of esters is 1. The summed E-state index contributed by atoms with van der Waals surface area (Å²) in [6, 6.07) is 9.84. The predicted octanol–water partition coefficient (Wildman–Crippen LogP) is 2.30. The van der Waals surface area contributed by atoms with Crippen molar-refractivity contribution in [3.63, 3.8) is 0 Å². The van der Waals surface area contributed by atoms with Gasteiger partial charge in [-0.25, -0.2) is 4.79 Å². The number of carbonyl (C=O) groups excluding carboxylic acids is 1. The summed E-state index contributed by atoms with van der Waals surface area (Å²) in [7, 11) is 0. The highest BCUT2D eigenvalue weighted by Gasteiger charge is 2.08. The molecule has 0 bridgehead atoms. The third-order valence-electron chi connectivity index (χ3n) is 2.12. The smallest absolute Gasteiger partial charge is 0.372 e. The number of rotatable bonds is 8. The molecule has 0 N–H and O–H groups in total. The van der Waals surface area contributed by atoms with E-state index in [1.165, 1.54) is 0 Å². The molecule has 0 unspecified atom stereocenters. The molecular formula is C14H18O4. The minimum absolute atomic E-state index is 0.0140. The van der Waals surface area contributed by atoms with Crippen LogP contribution in [0.3, 0.4) is 0 Å². The van der Waals surface area contributed by atoms with Crippen molar-refractivity contribution < 1.29 is 19.0 Å². The first kappa shape index (κ1) is 14.3. The molecule has 0 radical (unpaired) electrons. The standard InChI is InChI=1S/C14H18O4/c1-3-17-14(15)12(2)18-10-9-16-11-13-7-5-4-6-8-13/h4-8H,2-3,9-11H2,1H3. The van der Waals surface area contributed by atoms with E-state index in [4.69, 9.17) is 14.2 Å². The molecule has 0 atom stereocenters. The fourth-order valence-electron chi connectivity index (χ4n) is 1.26. The summed E-state index contributed by atoms with van der Waals surface area (Å²) >= 11 is 0. The largest absolute Gasteiger partial charge is 0.485 e. The Balaban J connectivity index is 2.09. The SMILES string of the molecule is C=C(OCCOCc1ccccc1)C(=O)OCC. The van der Waals surface area contributed by atoms with E-state index in [1.807, 2.05) is 30.3 Å². The van der Waals surface area contributed by atoms with Gasteiger partial charge in [-0.3, -0.25) is 0 Å². The van der Waals surface area contributed by atoms with Crippen LogP contribution in [0.1, 0.15) is 12.5 Å². The Bertz CT molecular complexity index is 373. The summed E-state index contributed by atoms with van der Waals surface area (Å²) in [5, 5.41) is 0. The number of hydrogen-bond donors (Lipinski definition) is 0. The highest BCUT2D eigenvalue weighted by Crippen LogP contribution is 2.01. The van der Waals surface area contributed by atoms with Gasteiger partial charge in [0.25, 0.3) is 0 Å². The molecule has 0 spiro atoms. The summed E-state index contributed by atoms with van der Waals surface area (Å²) in [5.74, 6) is -0.513. The topological polar surface area (TPSA) is 44.8 Å². The molecule has 98 valence electrons. The van der Waals surface area contributed by atoms with E-state index in [1.54, 1.807) is 6.92 Å². The molecule has 0 fully saturated rings. The number of carbonyl (C=O) groups is 1. The van der Waals surface area contributed by atoms with Crippen molar-refractivity contribution in [1.82, 2.24) is 0 Å². The summed E-state index contributed by atoms with van der Waals surface area (Å²) in [4.78, 5) is 11.1. The first-order chi connectivity index (χ1) is 8.74. The van der Waals surface area contributed by atoms with Crippen molar-refractivity contribution in [3.05, 3.63) is 48.2 Å². The van der Waals surface area contributed by atoms with Crippen molar-refractivity contribution in [1.29, 1.82) is 0 Å². The van der Waals surface area contributed by atoms with E-state index in [0.717, 1.165) is 5.56 Å². The molecule has 0 aliphatic heterocycles. The van der Waals surface area contributed by atoms with Gasteiger partial charge in [-0.1, -0.05) is 30.3 Å². The van der Waals surface area contributed by atoms with E-state index in [9.17, 15) is 4.79 Å². The lowest BCUT2D eigenvalue weighted by Gasteiger charge is -2.08. The lowest BCUT2D eigenvalue weighted by atomic mass is 10.2. The third-order valence-corrected chi connectivity index (χ3v) is 2.12. The lowest BCUT2D eigenvalue weighted by Crippen LogP contribution is -2.12. The Labute approximate surface area is 107 Å². The minimum Gasteiger partial charge on any atom is -0.485 e. The van der Waals surface area contributed by atoms with Crippen molar-refractivity contribution in [2.75, 3.05) is 19.8 Å². The van der Waals surface area contributed by atoms with Crippen LogP contribution in [0.5, 0.6) is 0 Å². The van der Waals surface area contributed by atoms with E-state index in [2.05, 4.69) is 6.58 Å². The Morgan fingerprint density at radius 1 is 1.17 bits per heavy atom. The highest BCUT2D eigenvalue weighted by molar-refractivity contribution is 5.85. The van der Waals surface area contributed by atoms with Crippen LogP contribution >= 0.6 is 0 Å². The molecule has 0 aliphatic rings. The molecule has 0 aliphatic carbocycles. The van der Waals surface area contributed by atoms with Crippen LogP contribution in [0.4, 0.5) is 0 Å². The van der Waals surface area contributed by atoms with Gasteiger partial charge in [0, 0.05) is 0 Å². The maximum absolute atomic E-state index is 11.1. The fraction of sp³-hybridized carbons (Fsp3) is 0.357. The summed E-state index contributed by atoms with van der Waals surface area (Å²) in [6.07, 6.45) is 0. The fourth-order valence-corrected chi connectivity index (χ4v) is 1.26. The maximum Gasteiger partial charge on any atom is 0.372 e. The minimum atomic E-state index is -0.527. The van der Waals surface area contributed by atoms with E-state index >= 15 is 0 Å². The zero-order chi connectivity index (χ0) is 13.2. The van der Waals surface area contributed by atoms with Gasteiger partial charge in [-0.15, -0.1) is 0 Å².